The van der Waals surface area contributed by atoms with Gasteiger partial charge in [-0.05, 0) is 39.0 Å². The molecule has 2 amide bonds. The molecule has 0 heterocycles. The Bertz CT molecular complexity index is 523. The Kier molecular flexibility index (Phi) is 6.50. The Morgan fingerprint density at radius 1 is 1.38 bits per heavy atom. The molecular weight excluding hydrogens is 270 g/mol. The van der Waals surface area contributed by atoms with Crippen molar-refractivity contribution in [1.82, 2.24) is 5.32 Å². The van der Waals surface area contributed by atoms with E-state index in [-0.39, 0.29) is 18.2 Å². The largest absolute Gasteiger partial charge is 0.489 e. The summed E-state index contributed by atoms with van der Waals surface area (Å²) in [5, 5.41) is 14.4. The SMILES string of the molecule is COCC(C)NC(=O)Nc1cc(C#N)ccc1OC(C)C. The number of carbonyl (C=O) groups is 1. The van der Waals surface area contributed by atoms with Gasteiger partial charge in [0.15, 0.2) is 0 Å². The molecule has 0 saturated carbocycles. The van der Waals surface area contributed by atoms with Crippen LogP contribution in [0.1, 0.15) is 26.3 Å². The first kappa shape index (κ1) is 16.8. The van der Waals surface area contributed by atoms with Gasteiger partial charge in [0.2, 0.25) is 0 Å². The molecule has 0 fully saturated rings. The van der Waals surface area contributed by atoms with Crippen molar-refractivity contribution < 1.29 is 14.3 Å². The zero-order valence-electron chi connectivity index (χ0n) is 12.8. The van der Waals surface area contributed by atoms with Crippen LogP contribution in [-0.4, -0.2) is 31.9 Å². The number of hydrogen-bond donors (Lipinski definition) is 2. The minimum Gasteiger partial charge on any atom is -0.489 e. The van der Waals surface area contributed by atoms with Crippen molar-refractivity contribution in [3.8, 4) is 11.8 Å². The molecule has 6 nitrogen and oxygen atoms in total. The Hall–Kier alpha value is -2.26. The van der Waals surface area contributed by atoms with E-state index in [0.717, 1.165) is 0 Å². The summed E-state index contributed by atoms with van der Waals surface area (Å²) in [5.41, 5.74) is 0.913. The van der Waals surface area contributed by atoms with Gasteiger partial charge in [-0.3, -0.25) is 0 Å². The Labute approximate surface area is 125 Å². The molecular formula is C15H21N3O3. The lowest BCUT2D eigenvalue weighted by Gasteiger charge is -2.17. The second kappa shape index (κ2) is 8.12. The number of rotatable bonds is 6. The highest BCUT2D eigenvalue weighted by molar-refractivity contribution is 5.91. The van der Waals surface area contributed by atoms with Gasteiger partial charge >= 0.3 is 6.03 Å². The highest BCUT2D eigenvalue weighted by atomic mass is 16.5. The average molecular weight is 291 g/mol. The molecule has 0 bridgehead atoms. The summed E-state index contributed by atoms with van der Waals surface area (Å²) in [6.45, 7) is 6.03. The summed E-state index contributed by atoms with van der Waals surface area (Å²) in [7, 11) is 1.57. The quantitative estimate of drug-likeness (QED) is 0.843. The van der Waals surface area contributed by atoms with E-state index >= 15 is 0 Å². The Morgan fingerprint density at radius 2 is 2.10 bits per heavy atom. The smallest absolute Gasteiger partial charge is 0.319 e. The first-order chi connectivity index (χ1) is 9.96. The van der Waals surface area contributed by atoms with Crippen LogP contribution >= 0.6 is 0 Å². The second-order valence-electron chi connectivity index (χ2n) is 4.94. The molecule has 1 rings (SSSR count). The third-order valence-electron chi connectivity index (χ3n) is 2.51. The van der Waals surface area contributed by atoms with E-state index in [2.05, 4.69) is 10.6 Å². The zero-order valence-corrected chi connectivity index (χ0v) is 12.8. The van der Waals surface area contributed by atoms with Gasteiger partial charge in [-0.15, -0.1) is 0 Å². The standard InChI is InChI=1S/C15H21N3O3/c1-10(2)21-14-6-5-12(8-16)7-13(14)18-15(19)17-11(3)9-20-4/h5-7,10-11H,9H2,1-4H3,(H2,17,18,19). The van der Waals surface area contributed by atoms with E-state index in [9.17, 15) is 4.79 Å². The summed E-state index contributed by atoms with van der Waals surface area (Å²) in [5.74, 6) is 0.526. The number of carbonyl (C=O) groups excluding carboxylic acids is 1. The molecule has 1 atom stereocenters. The van der Waals surface area contributed by atoms with Gasteiger partial charge in [0, 0.05) is 7.11 Å². The normalized spacial score (nSPS) is 11.6. The van der Waals surface area contributed by atoms with Crippen LogP contribution in [0, 0.1) is 11.3 Å². The van der Waals surface area contributed by atoms with Crippen LogP contribution in [0.25, 0.3) is 0 Å². The minimum atomic E-state index is -0.372. The van der Waals surface area contributed by atoms with Crippen molar-refractivity contribution in [2.45, 2.75) is 32.9 Å². The van der Waals surface area contributed by atoms with Gasteiger partial charge < -0.3 is 20.1 Å². The Balaban J connectivity index is 2.84. The minimum absolute atomic E-state index is 0.0334. The van der Waals surface area contributed by atoms with Crippen molar-refractivity contribution in [3.63, 3.8) is 0 Å². The summed E-state index contributed by atoms with van der Waals surface area (Å²) in [4.78, 5) is 11.9. The maximum atomic E-state index is 11.9. The van der Waals surface area contributed by atoms with Crippen LogP contribution in [0.2, 0.25) is 0 Å². The molecule has 0 aliphatic heterocycles. The van der Waals surface area contributed by atoms with Gasteiger partial charge in [0.25, 0.3) is 0 Å². The van der Waals surface area contributed by atoms with Gasteiger partial charge in [-0.2, -0.15) is 5.26 Å². The second-order valence-corrected chi connectivity index (χ2v) is 4.94. The van der Waals surface area contributed by atoms with Crippen molar-refractivity contribution >= 4 is 11.7 Å². The fourth-order valence-electron chi connectivity index (χ4n) is 1.73. The number of benzene rings is 1. The third kappa shape index (κ3) is 5.71. The van der Waals surface area contributed by atoms with Crippen LogP contribution in [0.5, 0.6) is 5.75 Å². The van der Waals surface area contributed by atoms with Crippen molar-refractivity contribution in [2.24, 2.45) is 0 Å². The lowest BCUT2D eigenvalue weighted by molar-refractivity contribution is 0.173. The maximum absolute atomic E-state index is 11.9. The molecule has 1 aromatic rings. The fourth-order valence-corrected chi connectivity index (χ4v) is 1.73. The summed E-state index contributed by atoms with van der Waals surface area (Å²) < 4.78 is 10.6. The topological polar surface area (TPSA) is 83.4 Å². The monoisotopic (exact) mass is 291 g/mol. The van der Waals surface area contributed by atoms with E-state index in [0.29, 0.717) is 23.6 Å². The van der Waals surface area contributed by atoms with Gasteiger partial charge in [0.05, 0.1) is 36.1 Å². The van der Waals surface area contributed by atoms with Gasteiger partial charge in [-0.1, -0.05) is 0 Å². The number of nitrogens with zero attached hydrogens (tertiary/aromatic N) is 1. The van der Waals surface area contributed by atoms with Crippen LogP contribution < -0.4 is 15.4 Å². The first-order valence-electron chi connectivity index (χ1n) is 6.73. The molecule has 21 heavy (non-hydrogen) atoms. The van der Waals surface area contributed by atoms with Crippen LogP contribution in [0.15, 0.2) is 18.2 Å². The van der Waals surface area contributed by atoms with Crippen molar-refractivity contribution in [3.05, 3.63) is 23.8 Å². The average Bonchev–Trinajstić information content (AvgIpc) is 2.40. The van der Waals surface area contributed by atoms with Gasteiger partial charge in [0.1, 0.15) is 5.75 Å². The van der Waals surface area contributed by atoms with Crippen LogP contribution in [0.3, 0.4) is 0 Å². The van der Waals surface area contributed by atoms with E-state index in [1.807, 2.05) is 26.8 Å². The molecule has 0 aromatic heterocycles. The number of methoxy groups -OCH3 is 1. The highest BCUT2D eigenvalue weighted by Crippen LogP contribution is 2.26. The van der Waals surface area contributed by atoms with Gasteiger partial charge in [-0.25, -0.2) is 4.79 Å². The van der Waals surface area contributed by atoms with Crippen molar-refractivity contribution in [2.75, 3.05) is 19.0 Å². The molecule has 0 aliphatic carbocycles. The number of ether oxygens (including phenoxy) is 2. The summed E-state index contributed by atoms with van der Waals surface area (Å²) in [6, 6.07) is 6.44. The lowest BCUT2D eigenvalue weighted by Crippen LogP contribution is -2.38. The fraction of sp³-hybridized carbons (Fsp3) is 0.467. The number of urea groups is 1. The molecule has 2 N–H and O–H groups in total. The number of nitrogens with one attached hydrogen (secondary N) is 2. The number of anilines is 1. The molecule has 0 saturated heterocycles. The molecule has 0 radical (unpaired) electrons. The third-order valence-corrected chi connectivity index (χ3v) is 2.51. The molecule has 0 aliphatic rings. The molecule has 1 unspecified atom stereocenters. The Morgan fingerprint density at radius 3 is 2.67 bits per heavy atom. The number of hydrogen-bond acceptors (Lipinski definition) is 4. The zero-order chi connectivity index (χ0) is 15.8. The predicted octanol–water partition coefficient (Wildman–Crippen LogP) is 2.50. The first-order valence-corrected chi connectivity index (χ1v) is 6.73. The maximum Gasteiger partial charge on any atom is 0.319 e. The summed E-state index contributed by atoms with van der Waals surface area (Å²) in [6.07, 6.45) is -0.0334. The number of amides is 2. The lowest BCUT2D eigenvalue weighted by atomic mass is 10.2. The molecule has 114 valence electrons. The van der Waals surface area contributed by atoms with Crippen LogP contribution in [-0.2, 0) is 4.74 Å². The van der Waals surface area contributed by atoms with E-state index in [1.54, 1.807) is 25.3 Å². The number of nitriles is 1. The summed E-state index contributed by atoms with van der Waals surface area (Å²) >= 11 is 0. The highest BCUT2D eigenvalue weighted by Gasteiger charge is 2.12. The van der Waals surface area contributed by atoms with E-state index in [4.69, 9.17) is 14.7 Å². The van der Waals surface area contributed by atoms with Crippen molar-refractivity contribution in [1.29, 1.82) is 5.26 Å². The predicted molar refractivity (Wildman–Crippen MR) is 80.4 cm³/mol. The molecule has 6 heteroatoms. The molecule has 0 spiro atoms. The molecule has 1 aromatic carbocycles. The van der Waals surface area contributed by atoms with E-state index in [1.165, 1.54) is 0 Å². The van der Waals surface area contributed by atoms with Crippen LogP contribution in [0.4, 0.5) is 10.5 Å². The van der Waals surface area contributed by atoms with E-state index < -0.39 is 0 Å².